The molecule has 2 rings (SSSR count). The Morgan fingerprint density at radius 3 is 2.25 bits per heavy atom. The maximum absolute atomic E-state index is 11.8. The van der Waals surface area contributed by atoms with Crippen LogP contribution in [0.25, 0.3) is 0 Å². The number of aromatic amines is 1. The fourth-order valence-corrected chi connectivity index (χ4v) is 4.40. The van der Waals surface area contributed by atoms with Gasteiger partial charge in [-0.05, 0) is 61.9 Å². The number of aromatic nitrogens is 1. The number of nitrogens with one attached hydrogen (secondary N) is 1. The quantitative estimate of drug-likeness (QED) is 0.800. The van der Waals surface area contributed by atoms with Crippen molar-refractivity contribution in [2.45, 2.75) is 76.6 Å². The van der Waals surface area contributed by atoms with Crippen molar-refractivity contribution in [3.05, 3.63) is 33.7 Å². The van der Waals surface area contributed by atoms with Gasteiger partial charge in [0.05, 0.1) is 0 Å². The van der Waals surface area contributed by atoms with Crippen LogP contribution in [0.1, 0.15) is 68.4 Å². The van der Waals surface area contributed by atoms with E-state index in [1.807, 2.05) is 0 Å². The van der Waals surface area contributed by atoms with Crippen molar-refractivity contribution >= 4 is 14.3 Å². The van der Waals surface area contributed by atoms with Crippen molar-refractivity contribution in [3.63, 3.8) is 0 Å². The van der Waals surface area contributed by atoms with Gasteiger partial charge in [0.25, 0.3) is 5.56 Å². The maximum Gasteiger partial charge on any atom is 0.341 e. The van der Waals surface area contributed by atoms with E-state index >= 15 is 0 Å². The molecule has 0 aromatic carbocycles. The molecule has 0 aliphatic heterocycles. The minimum absolute atomic E-state index is 0.200. The summed E-state index contributed by atoms with van der Waals surface area (Å²) in [6.07, 6.45) is 4.19. The Labute approximate surface area is 144 Å². The fourth-order valence-electron chi connectivity index (χ4n) is 2.98. The summed E-state index contributed by atoms with van der Waals surface area (Å²) in [5, 5.41) is 9.15. The van der Waals surface area contributed by atoms with Crippen LogP contribution in [0.4, 0.5) is 0 Å². The van der Waals surface area contributed by atoms with E-state index in [0.29, 0.717) is 6.10 Å². The van der Waals surface area contributed by atoms with Gasteiger partial charge in [0.15, 0.2) is 8.32 Å². The van der Waals surface area contributed by atoms with E-state index in [4.69, 9.17) is 9.53 Å². The monoisotopic (exact) mass is 351 g/mol. The molecule has 0 bridgehead atoms. The molecule has 0 saturated heterocycles. The molecule has 2 N–H and O–H groups in total. The second kappa shape index (κ2) is 6.84. The topological polar surface area (TPSA) is 79.4 Å². The van der Waals surface area contributed by atoms with Crippen LogP contribution in [0.2, 0.25) is 18.1 Å². The molecule has 0 spiro atoms. The summed E-state index contributed by atoms with van der Waals surface area (Å²) in [5.41, 5.74) is 0.129. The van der Waals surface area contributed by atoms with Gasteiger partial charge >= 0.3 is 5.97 Å². The molecule has 5 nitrogen and oxygen atoms in total. The molecule has 6 heteroatoms. The average Bonchev–Trinajstić information content (AvgIpc) is 2.46. The second-order valence-corrected chi connectivity index (χ2v) is 13.1. The van der Waals surface area contributed by atoms with E-state index in [0.717, 1.165) is 31.4 Å². The summed E-state index contributed by atoms with van der Waals surface area (Å²) in [5.74, 6) is -0.908. The molecular weight excluding hydrogens is 322 g/mol. The largest absolute Gasteiger partial charge is 0.477 e. The second-order valence-electron chi connectivity index (χ2n) is 8.31. The lowest BCUT2D eigenvalue weighted by atomic mass is 9.85. The SMILES string of the molecule is CC(C)(C)[Si](C)(C)OC1CCC(c2ccc(C(=O)O)c(=O)[nH]2)CC1. The number of hydrogen-bond donors (Lipinski definition) is 2. The number of carbonyl (C=O) groups is 1. The zero-order valence-corrected chi connectivity index (χ0v) is 16.3. The summed E-state index contributed by atoms with van der Waals surface area (Å²) in [6, 6.07) is 3.15. The van der Waals surface area contributed by atoms with E-state index in [1.54, 1.807) is 6.07 Å². The first kappa shape index (κ1) is 18.9. The van der Waals surface area contributed by atoms with Gasteiger partial charge in [0.2, 0.25) is 0 Å². The highest BCUT2D eigenvalue weighted by atomic mass is 28.4. The van der Waals surface area contributed by atoms with Gasteiger partial charge in [-0.25, -0.2) is 4.79 Å². The highest BCUT2D eigenvalue weighted by Crippen LogP contribution is 2.40. The third-order valence-corrected chi connectivity index (χ3v) is 10.1. The summed E-state index contributed by atoms with van der Waals surface area (Å²) >= 11 is 0. The van der Waals surface area contributed by atoms with Crippen LogP contribution in [0.3, 0.4) is 0 Å². The van der Waals surface area contributed by atoms with Gasteiger partial charge in [-0.15, -0.1) is 0 Å². The molecular formula is C18H29NO4Si. The van der Waals surface area contributed by atoms with E-state index < -0.39 is 19.8 Å². The van der Waals surface area contributed by atoms with Crippen molar-refractivity contribution in [1.82, 2.24) is 4.98 Å². The highest BCUT2D eigenvalue weighted by molar-refractivity contribution is 6.74. The average molecular weight is 352 g/mol. The Hall–Kier alpha value is -1.40. The van der Waals surface area contributed by atoms with Gasteiger partial charge in [-0.1, -0.05) is 20.8 Å². The summed E-state index contributed by atoms with van der Waals surface area (Å²) in [6.45, 7) is 11.3. The molecule has 0 radical (unpaired) electrons. The van der Waals surface area contributed by atoms with Crippen LogP contribution in [0.5, 0.6) is 0 Å². The predicted molar refractivity (Wildman–Crippen MR) is 97.3 cm³/mol. The number of aromatic carboxylic acids is 1. The van der Waals surface area contributed by atoms with Gasteiger partial charge in [-0.3, -0.25) is 4.79 Å². The molecule has 1 aliphatic rings. The first-order chi connectivity index (χ1) is 11.0. The standard InChI is InChI=1S/C18H29NO4Si/c1-18(2,3)24(4,5)23-13-8-6-12(7-9-13)15-11-10-14(17(21)22)16(20)19-15/h10-13H,6-9H2,1-5H3,(H,19,20)(H,21,22). The smallest absolute Gasteiger partial charge is 0.341 e. The molecule has 134 valence electrons. The Morgan fingerprint density at radius 2 is 1.79 bits per heavy atom. The number of carboxylic acid groups (broad SMARTS) is 1. The lowest BCUT2D eigenvalue weighted by Gasteiger charge is -2.41. The maximum atomic E-state index is 11.8. The first-order valence-electron chi connectivity index (χ1n) is 8.65. The number of carboxylic acids is 1. The summed E-state index contributed by atoms with van der Waals surface area (Å²) in [4.78, 5) is 25.5. The Morgan fingerprint density at radius 1 is 1.21 bits per heavy atom. The molecule has 0 amide bonds. The third kappa shape index (κ3) is 4.16. The lowest BCUT2D eigenvalue weighted by molar-refractivity contribution is 0.0695. The van der Waals surface area contributed by atoms with E-state index in [2.05, 4.69) is 38.8 Å². The first-order valence-corrected chi connectivity index (χ1v) is 11.6. The molecule has 1 saturated carbocycles. The summed E-state index contributed by atoms with van der Waals surface area (Å²) in [7, 11) is -1.75. The Balaban J connectivity index is 1.99. The van der Waals surface area contributed by atoms with Crippen LogP contribution in [-0.4, -0.2) is 30.5 Å². The normalized spacial score (nSPS) is 22.4. The third-order valence-electron chi connectivity index (χ3n) is 5.54. The molecule has 1 heterocycles. The number of H-pyrrole nitrogens is 1. The van der Waals surface area contributed by atoms with Crippen LogP contribution in [0, 0.1) is 0 Å². The van der Waals surface area contributed by atoms with Crippen LogP contribution < -0.4 is 5.56 Å². The van der Waals surface area contributed by atoms with E-state index in [-0.39, 0.29) is 16.5 Å². The molecule has 1 aromatic heterocycles. The van der Waals surface area contributed by atoms with Crippen LogP contribution in [0.15, 0.2) is 16.9 Å². The van der Waals surface area contributed by atoms with Crippen molar-refractivity contribution in [2.24, 2.45) is 0 Å². The van der Waals surface area contributed by atoms with Crippen molar-refractivity contribution in [2.75, 3.05) is 0 Å². The lowest BCUT2D eigenvalue weighted by Crippen LogP contribution is -2.44. The molecule has 1 aromatic rings. The number of rotatable bonds is 4. The zero-order chi connectivity index (χ0) is 18.1. The van der Waals surface area contributed by atoms with Crippen molar-refractivity contribution < 1.29 is 14.3 Å². The molecule has 0 atom stereocenters. The van der Waals surface area contributed by atoms with Gasteiger partial charge in [-0.2, -0.15) is 0 Å². The van der Waals surface area contributed by atoms with Gasteiger partial charge in [0, 0.05) is 11.8 Å². The molecule has 1 aliphatic carbocycles. The van der Waals surface area contributed by atoms with Gasteiger partial charge in [0.1, 0.15) is 5.56 Å². The Bertz CT molecular complexity index is 652. The van der Waals surface area contributed by atoms with Gasteiger partial charge < -0.3 is 14.5 Å². The molecule has 24 heavy (non-hydrogen) atoms. The summed E-state index contributed by atoms with van der Waals surface area (Å²) < 4.78 is 6.49. The van der Waals surface area contributed by atoms with Crippen molar-refractivity contribution in [1.29, 1.82) is 0 Å². The highest BCUT2D eigenvalue weighted by Gasteiger charge is 2.39. The fraction of sp³-hybridized carbons (Fsp3) is 0.667. The minimum atomic E-state index is -1.75. The zero-order valence-electron chi connectivity index (χ0n) is 15.3. The van der Waals surface area contributed by atoms with E-state index in [1.165, 1.54) is 6.07 Å². The minimum Gasteiger partial charge on any atom is -0.477 e. The Kier molecular flexibility index (Phi) is 5.40. The van der Waals surface area contributed by atoms with E-state index in [9.17, 15) is 9.59 Å². The molecule has 1 fully saturated rings. The van der Waals surface area contributed by atoms with Crippen LogP contribution >= 0.6 is 0 Å². The molecule has 0 unspecified atom stereocenters. The van der Waals surface area contributed by atoms with Crippen molar-refractivity contribution in [3.8, 4) is 0 Å². The number of pyridine rings is 1. The predicted octanol–water partition coefficient (Wildman–Crippen LogP) is 4.12. The number of hydrogen-bond acceptors (Lipinski definition) is 3. The van der Waals surface area contributed by atoms with Crippen LogP contribution in [-0.2, 0) is 4.43 Å².